The number of ether oxygens (including phenoxy) is 3. The second-order valence-electron chi connectivity index (χ2n) is 9.60. The Morgan fingerprint density at radius 1 is 1.11 bits per heavy atom. The van der Waals surface area contributed by atoms with Gasteiger partial charge >= 0.3 is 17.9 Å². The molecule has 1 aliphatic heterocycles. The summed E-state index contributed by atoms with van der Waals surface area (Å²) in [6, 6.07) is 4.82. The zero-order valence-electron chi connectivity index (χ0n) is 21.5. The number of rotatable bonds is 10. The molecule has 1 aliphatic rings. The molecule has 0 aromatic heterocycles. The monoisotopic (exact) mass is 526 g/mol. The fraction of sp³-hybridized carbons (Fsp3) is 0.640. The van der Waals surface area contributed by atoms with Crippen LogP contribution in [0.15, 0.2) is 18.2 Å². The van der Waals surface area contributed by atoms with E-state index in [4.69, 9.17) is 25.8 Å². The molecule has 11 heteroatoms. The molecule has 0 N–H and O–H groups in total. The second-order valence-corrected chi connectivity index (χ2v) is 10.0. The summed E-state index contributed by atoms with van der Waals surface area (Å²) in [5.74, 6) is -4.96. The third-order valence-corrected chi connectivity index (χ3v) is 6.03. The smallest absolute Gasteiger partial charge is 0.321 e. The molecular formula is C25H35ClN2O8. The van der Waals surface area contributed by atoms with E-state index in [1.807, 2.05) is 25.7 Å². The molecule has 0 unspecified atom stereocenters. The van der Waals surface area contributed by atoms with Crippen LogP contribution >= 0.6 is 11.6 Å². The quantitative estimate of drug-likeness (QED) is 0.146. The summed E-state index contributed by atoms with van der Waals surface area (Å²) in [7, 11) is 0. The molecule has 1 aromatic carbocycles. The van der Waals surface area contributed by atoms with Crippen molar-refractivity contribution in [2.24, 2.45) is 11.8 Å². The van der Waals surface area contributed by atoms with E-state index in [-0.39, 0.29) is 25.1 Å². The summed E-state index contributed by atoms with van der Waals surface area (Å²) in [4.78, 5) is 51.2. The maximum Gasteiger partial charge on any atom is 0.321 e. The first-order valence-electron chi connectivity index (χ1n) is 12.1. The molecule has 1 atom stereocenters. The van der Waals surface area contributed by atoms with Gasteiger partial charge in [-0.15, -0.1) is 0 Å². The van der Waals surface area contributed by atoms with Crippen molar-refractivity contribution in [3.05, 3.63) is 38.9 Å². The van der Waals surface area contributed by atoms with Crippen molar-refractivity contribution < 1.29 is 33.5 Å². The summed E-state index contributed by atoms with van der Waals surface area (Å²) in [5, 5.41) is 12.0. The van der Waals surface area contributed by atoms with Crippen LogP contribution in [0.1, 0.15) is 58.9 Å². The maximum absolute atomic E-state index is 12.8. The number of carbonyl (C=O) groups is 3. The van der Waals surface area contributed by atoms with Crippen molar-refractivity contribution in [3.8, 4) is 0 Å². The van der Waals surface area contributed by atoms with Gasteiger partial charge in [-0.25, -0.2) is 0 Å². The van der Waals surface area contributed by atoms with E-state index in [2.05, 4.69) is 0 Å². The number of hydrogen-bond donors (Lipinski definition) is 0. The lowest BCUT2D eigenvalue weighted by atomic mass is 9.84. The highest BCUT2D eigenvalue weighted by atomic mass is 35.5. The van der Waals surface area contributed by atoms with E-state index in [9.17, 15) is 24.5 Å². The van der Waals surface area contributed by atoms with Crippen LogP contribution in [0.3, 0.4) is 0 Å². The Hall–Kier alpha value is -2.88. The van der Waals surface area contributed by atoms with E-state index in [1.54, 1.807) is 32.0 Å². The number of benzene rings is 1. The third-order valence-electron chi connectivity index (χ3n) is 5.80. The van der Waals surface area contributed by atoms with Crippen molar-refractivity contribution in [3.63, 3.8) is 0 Å². The normalized spacial score (nSPS) is 15.4. The molecule has 0 aliphatic carbocycles. The highest BCUT2D eigenvalue weighted by molar-refractivity contribution is 6.30. The maximum atomic E-state index is 12.8. The molecular weight excluding hydrogens is 492 g/mol. The van der Waals surface area contributed by atoms with Crippen molar-refractivity contribution >= 4 is 35.2 Å². The van der Waals surface area contributed by atoms with Crippen LogP contribution < -0.4 is 4.90 Å². The first-order valence-corrected chi connectivity index (χ1v) is 12.5. The first kappa shape index (κ1) is 29.4. The third kappa shape index (κ3) is 8.08. The lowest BCUT2D eigenvalue weighted by Crippen LogP contribution is -2.40. The first-order chi connectivity index (χ1) is 16.9. The zero-order chi connectivity index (χ0) is 27.0. The predicted molar refractivity (Wildman–Crippen MR) is 134 cm³/mol. The molecule has 200 valence electrons. The molecule has 36 heavy (non-hydrogen) atoms. The lowest BCUT2D eigenvalue weighted by Gasteiger charge is -2.36. The largest absolute Gasteiger partial charge is 0.465 e. The number of anilines is 1. The van der Waals surface area contributed by atoms with Crippen molar-refractivity contribution in [2.45, 2.75) is 59.0 Å². The van der Waals surface area contributed by atoms with Gasteiger partial charge in [0.15, 0.2) is 5.92 Å². The fourth-order valence-corrected chi connectivity index (χ4v) is 4.44. The van der Waals surface area contributed by atoms with E-state index < -0.39 is 40.8 Å². The van der Waals surface area contributed by atoms with Crippen molar-refractivity contribution in [1.82, 2.24) is 0 Å². The number of nitrogens with zero attached hydrogens (tertiary/aromatic N) is 2. The molecule has 0 bridgehead atoms. The molecule has 1 heterocycles. The number of carbonyl (C=O) groups excluding carboxylic acids is 3. The molecule has 1 aromatic rings. The van der Waals surface area contributed by atoms with Gasteiger partial charge in [-0.1, -0.05) is 17.7 Å². The Morgan fingerprint density at radius 3 is 2.14 bits per heavy atom. The van der Waals surface area contributed by atoms with E-state index in [0.717, 1.165) is 0 Å². The van der Waals surface area contributed by atoms with E-state index in [0.29, 0.717) is 42.2 Å². The van der Waals surface area contributed by atoms with Gasteiger partial charge in [0.05, 0.1) is 25.0 Å². The van der Waals surface area contributed by atoms with Gasteiger partial charge in [-0.05, 0) is 65.2 Å². The Bertz CT molecular complexity index is 936. The molecule has 1 fully saturated rings. The van der Waals surface area contributed by atoms with Crippen molar-refractivity contribution in [1.29, 1.82) is 0 Å². The minimum Gasteiger partial charge on any atom is -0.465 e. The average Bonchev–Trinajstić information content (AvgIpc) is 2.78. The van der Waals surface area contributed by atoms with Crippen LogP contribution in [-0.2, 0) is 28.6 Å². The minimum absolute atomic E-state index is 0.00553. The van der Waals surface area contributed by atoms with Crippen LogP contribution in [0.4, 0.5) is 5.69 Å². The molecule has 0 spiro atoms. The number of halogens is 1. The molecule has 2 rings (SSSR count). The molecule has 10 nitrogen and oxygen atoms in total. The van der Waals surface area contributed by atoms with Gasteiger partial charge in [0.1, 0.15) is 5.60 Å². The number of nitro groups is 1. The predicted octanol–water partition coefficient (Wildman–Crippen LogP) is 4.00. The summed E-state index contributed by atoms with van der Waals surface area (Å²) >= 11 is 6.28. The zero-order valence-corrected chi connectivity index (χ0v) is 22.2. The summed E-state index contributed by atoms with van der Waals surface area (Å²) in [6.45, 7) is 8.88. The Balaban J connectivity index is 2.42. The molecule has 1 saturated heterocycles. The van der Waals surface area contributed by atoms with Crippen molar-refractivity contribution in [2.75, 3.05) is 37.7 Å². The fourth-order valence-electron chi connectivity index (χ4n) is 4.28. The lowest BCUT2D eigenvalue weighted by molar-refractivity contribution is -0.484. The van der Waals surface area contributed by atoms with Gasteiger partial charge in [-0.2, -0.15) is 0 Å². The van der Waals surface area contributed by atoms with Gasteiger partial charge in [0, 0.05) is 28.7 Å². The standard InChI is InChI=1S/C25H35ClN2O8/c1-6-34-23(30)21(24(31)35-7-2)19(15-28(32)33)18-9-8-17(26)14-20(18)27-12-10-16(11-13-27)22(29)36-25(3,4)5/h8-9,14,16,19,21H,6-7,10-13,15H2,1-5H3/t19-/m1/s1. The van der Waals surface area contributed by atoms with Gasteiger partial charge in [0.25, 0.3) is 0 Å². The molecule has 0 radical (unpaired) electrons. The van der Waals surface area contributed by atoms with Crippen LogP contribution in [0.25, 0.3) is 0 Å². The SMILES string of the molecule is CCOC(=O)C(C(=O)OCC)[C@H](C[N+](=O)[O-])c1ccc(Cl)cc1N1CCC(C(=O)OC(C)(C)C)CC1. The second kappa shape index (κ2) is 12.9. The van der Waals surface area contributed by atoms with Crippen LogP contribution in [0.2, 0.25) is 5.02 Å². The summed E-state index contributed by atoms with van der Waals surface area (Å²) in [5.41, 5.74) is 0.396. The Kier molecular flexibility index (Phi) is 10.5. The highest BCUT2D eigenvalue weighted by Crippen LogP contribution is 2.38. The van der Waals surface area contributed by atoms with E-state index in [1.165, 1.54) is 0 Å². The van der Waals surface area contributed by atoms with Crippen LogP contribution in [-0.4, -0.2) is 61.3 Å². The summed E-state index contributed by atoms with van der Waals surface area (Å²) < 4.78 is 15.7. The summed E-state index contributed by atoms with van der Waals surface area (Å²) in [6.07, 6.45) is 1.03. The minimum atomic E-state index is -1.52. The van der Waals surface area contributed by atoms with Crippen LogP contribution in [0.5, 0.6) is 0 Å². The van der Waals surface area contributed by atoms with Gasteiger partial charge in [0.2, 0.25) is 6.54 Å². The number of piperidine rings is 1. The highest BCUT2D eigenvalue weighted by Gasteiger charge is 2.43. The molecule has 0 saturated carbocycles. The number of hydrogen-bond acceptors (Lipinski definition) is 9. The Labute approximate surface area is 216 Å². The number of esters is 3. The van der Waals surface area contributed by atoms with Crippen LogP contribution in [0, 0.1) is 22.0 Å². The molecule has 0 amide bonds. The average molecular weight is 527 g/mol. The van der Waals surface area contributed by atoms with E-state index >= 15 is 0 Å². The Morgan fingerprint density at radius 2 is 1.67 bits per heavy atom. The topological polar surface area (TPSA) is 125 Å². The van der Waals surface area contributed by atoms with Gasteiger partial charge < -0.3 is 19.1 Å². The van der Waals surface area contributed by atoms with Gasteiger partial charge in [-0.3, -0.25) is 24.5 Å².